The molecule has 1 fully saturated rings. The first kappa shape index (κ1) is 26.7. The van der Waals surface area contributed by atoms with Gasteiger partial charge < -0.3 is 14.4 Å². The zero-order chi connectivity index (χ0) is 28.5. The first-order valence-electron chi connectivity index (χ1n) is 14.5. The van der Waals surface area contributed by atoms with Crippen LogP contribution in [0.5, 0.6) is 11.5 Å². The number of aromatic nitrogens is 1. The number of rotatable bonds is 6. The minimum Gasteiger partial charge on any atom is -0.454 e. The van der Waals surface area contributed by atoms with E-state index in [-0.39, 0.29) is 30.6 Å². The molecule has 1 aliphatic carbocycles. The molecule has 3 aromatic carbocycles. The number of amides is 2. The highest BCUT2D eigenvalue weighted by Crippen LogP contribution is 2.39. The lowest BCUT2D eigenvalue weighted by atomic mass is 9.89. The van der Waals surface area contributed by atoms with Crippen LogP contribution >= 0.6 is 11.3 Å². The van der Waals surface area contributed by atoms with Crippen molar-refractivity contribution in [3.8, 4) is 11.5 Å². The maximum absolute atomic E-state index is 13.9. The standard InChI is InChI=1S/C33H32N4O4S/c38-31(24-14-15-26-27(20-24)41-21-40-26)35-33-34-29-25(12-7-13-28(29)42-33)32(39)37-18-16-36(17-19-37)30(22-8-3-1-4-9-22)23-10-5-2-6-11-23/h1-6,8-11,14-15,20,25,30H,7,12-13,16-19,21H2,(H,34,35,38). The molecule has 1 saturated heterocycles. The molecule has 1 atom stereocenters. The predicted molar refractivity (Wildman–Crippen MR) is 161 cm³/mol. The van der Waals surface area contributed by atoms with Crippen molar-refractivity contribution in [3.63, 3.8) is 0 Å². The molecule has 214 valence electrons. The Morgan fingerprint density at radius 3 is 2.29 bits per heavy atom. The number of thiazole rings is 1. The number of benzene rings is 3. The number of nitrogens with zero attached hydrogens (tertiary/aromatic N) is 3. The SMILES string of the molecule is O=C(Nc1nc2c(s1)CCCC2C(=O)N1CCN(C(c2ccccc2)c2ccccc2)CC1)c1ccc2c(c1)OCO2. The Balaban J connectivity index is 1.03. The summed E-state index contributed by atoms with van der Waals surface area (Å²) in [6.45, 7) is 3.11. The molecule has 0 saturated carbocycles. The number of hydrogen-bond acceptors (Lipinski definition) is 7. The molecular weight excluding hydrogens is 548 g/mol. The summed E-state index contributed by atoms with van der Waals surface area (Å²) < 4.78 is 10.8. The summed E-state index contributed by atoms with van der Waals surface area (Å²) in [5.74, 6) is 0.807. The zero-order valence-corrected chi connectivity index (χ0v) is 24.0. The number of fused-ring (bicyclic) bond motifs is 2. The van der Waals surface area contributed by atoms with Crippen molar-refractivity contribution in [2.24, 2.45) is 0 Å². The van der Waals surface area contributed by atoms with Gasteiger partial charge in [0.1, 0.15) is 0 Å². The molecule has 1 N–H and O–H groups in total. The largest absolute Gasteiger partial charge is 0.454 e. The summed E-state index contributed by atoms with van der Waals surface area (Å²) >= 11 is 1.47. The molecular formula is C33H32N4O4S. The van der Waals surface area contributed by atoms with Crippen LogP contribution in [0.4, 0.5) is 5.13 Å². The zero-order valence-electron chi connectivity index (χ0n) is 23.2. The predicted octanol–water partition coefficient (Wildman–Crippen LogP) is 5.48. The fraction of sp³-hybridized carbons (Fsp3) is 0.303. The monoisotopic (exact) mass is 580 g/mol. The molecule has 8 nitrogen and oxygen atoms in total. The first-order valence-corrected chi connectivity index (χ1v) is 15.3. The molecule has 1 unspecified atom stereocenters. The fourth-order valence-electron chi connectivity index (χ4n) is 6.22. The second-order valence-corrected chi connectivity index (χ2v) is 12.0. The normalized spacial score (nSPS) is 18.1. The highest BCUT2D eigenvalue weighted by Gasteiger charge is 2.36. The van der Waals surface area contributed by atoms with Crippen LogP contribution in [0.15, 0.2) is 78.9 Å². The van der Waals surface area contributed by atoms with Crippen molar-refractivity contribution < 1.29 is 19.1 Å². The second kappa shape index (κ2) is 11.6. The number of piperazine rings is 1. The van der Waals surface area contributed by atoms with Gasteiger partial charge in [0, 0.05) is 36.6 Å². The van der Waals surface area contributed by atoms with Gasteiger partial charge in [0.25, 0.3) is 5.91 Å². The Bertz CT molecular complexity index is 1540. The summed E-state index contributed by atoms with van der Waals surface area (Å²) in [5.41, 5.74) is 3.82. The molecule has 0 radical (unpaired) electrons. The smallest absolute Gasteiger partial charge is 0.257 e. The van der Waals surface area contributed by atoms with E-state index in [2.05, 4.69) is 58.7 Å². The van der Waals surface area contributed by atoms with Crippen LogP contribution in [0, 0.1) is 0 Å². The maximum atomic E-state index is 13.9. The van der Waals surface area contributed by atoms with Crippen molar-refractivity contribution in [3.05, 3.63) is 106 Å². The van der Waals surface area contributed by atoms with Crippen molar-refractivity contribution in [2.75, 3.05) is 38.3 Å². The van der Waals surface area contributed by atoms with Crippen molar-refractivity contribution in [1.29, 1.82) is 0 Å². The van der Waals surface area contributed by atoms with Crippen LogP contribution in [0.1, 0.15) is 56.9 Å². The van der Waals surface area contributed by atoms with Crippen LogP contribution in [0.25, 0.3) is 0 Å². The molecule has 0 spiro atoms. The van der Waals surface area contributed by atoms with E-state index in [1.54, 1.807) is 18.2 Å². The molecule has 9 heteroatoms. The number of nitrogens with one attached hydrogen (secondary N) is 1. The van der Waals surface area contributed by atoms with E-state index >= 15 is 0 Å². The Labute approximate surface area is 248 Å². The molecule has 1 aromatic heterocycles. The van der Waals surface area contributed by atoms with Crippen molar-refractivity contribution in [2.45, 2.75) is 31.2 Å². The van der Waals surface area contributed by atoms with Crippen molar-refractivity contribution in [1.82, 2.24) is 14.8 Å². The van der Waals surface area contributed by atoms with Gasteiger partial charge in [0.2, 0.25) is 12.7 Å². The Kier molecular flexibility index (Phi) is 7.36. The van der Waals surface area contributed by atoms with Crippen LogP contribution in [-0.4, -0.2) is 59.6 Å². The number of ether oxygens (including phenoxy) is 2. The topological polar surface area (TPSA) is 84.0 Å². The van der Waals surface area contributed by atoms with Gasteiger partial charge in [-0.05, 0) is 48.6 Å². The van der Waals surface area contributed by atoms with Crippen LogP contribution in [0.3, 0.4) is 0 Å². The van der Waals surface area contributed by atoms with E-state index in [9.17, 15) is 9.59 Å². The van der Waals surface area contributed by atoms with Gasteiger partial charge in [-0.1, -0.05) is 60.7 Å². The third kappa shape index (κ3) is 5.26. The summed E-state index contributed by atoms with van der Waals surface area (Å²) in [5, 5.41) is 3.46. The molecule has 3 aliphatic rings. The van der Waals surface area contributed by atoms with E-state index in [1.165, 1.54) is 22.5 Å². The lowest BCUT2D eigenvalue weighted by Gasteiger charge is -2.41. The van der Waals surface area contributed by atoms with Gasteiger partial charge in [-0.3, -0.25) is 19.8 Å². The number of anilines is 1. The van der Waals surface area contributed by atoms with Gasteiger partial charge >= 0.3 is 0 Å². The van der Waals surface area contributed by atoms with Gasteiger partial charge in [0.05, 0.1) is 17.7 Å². The molecule has 7 rings (SSSR count). The maximum Gasteiger partial charge on any atom is 0.257 e. The van der Waals surface area contributed by atoms with E-state index in [1.807, 2.05) is 17.0 Å². The molecule has 3 heterocycles. The second-order valence-electron chi connectivity index (χ2n) is 10.9. The third-order valence-electron chi connectivity index (χ3n) is 8.33. The van der Waals surface area contributed by atoms with Crippen molar-refractivity contribution >= 4 is 28.3 Å². The number of carbonyl (C=O) groups is 2. The Morgan fingerprint density at radius 1 is 0.881 bits per heavy atom. The average Bonchev–Trinajstić information content (AvgIpc) is 3.68. The van der Waals surface area contributed by atoms with Crippen LogP contribution < -0.4 is 14.8 Å². The Hall–Kier alpha value is -4.21. The molecule has 0 bridgehead atoms. The lowest BCUT2D eigenvalue weighted by molar-refractivity contribution is -0.135. The van der Waals surface area contributed by atoms with Gasteiger partial charge in [-0.25, -0.2) is 4.98 Å². The van der Waals surface area contributed by atoms with Crippen LogP contribution in [0.2, 0.25) is 0 Å². The quantitative estimate of drug-likeness (QED) is 0.325. The summed E-state index contributed by atoms with van der Waals surface area (Å²) in [6.07, 6.45) is 2.59. The average molecular weight is 581 g/mol. The lowest BCUT2D eigenvalue weighted by Crippen LogP contribution is -2.51. The highest BCUT2D eigenvalue weighted by atomic mass is 32.1. The van der Waals surface area contributed by atoms with Gasteiger partial charge in [-0.15, -0.1) is 11.3 Å². The Morgan fingerprint density at radius 2 is 1.57 bits per heavy atom. The van der Waals surface area contributed by atoms with E-state index in [0.29, 0.717) is 35.3 Å². The molecule has 4 aromatic rings. The fourth-order valence-corrected chi connectivity index (χ4v) is 7.28. The first-order chi connectivity index (χ1) is 20.6. The number of hydrogen-bond donors (Lipinski definition) is 1. The molecule has 2 aliphatic heterocycles. The minimum absolute atomic E-state index is 0.144. The van der Waals surface area contributed by atoms with Crippen LogP contribution in [-0.2, 0) is 11.2 Å². The highest BCUT2D eigenvalue weighted by molar-refractivity contribution is 7.16. The molecule has 2 amide bonds. The number of aryl methyl sites for hydroxylation is 1. The summed E-state index contributed by atoms with van der Waals surface area (Å²) in [7, 11) is 0. The van der Waals surface area contributed by atoms with E-state index in [0.717, 1.165) is 42.9 Å². The van der Waals surface area contributed by atoms with Gasteiger partial charge in [-0.2, -0.15) is 0 Å². The third-order valence-corrected chi connectivity index (χ3v) is 9.38. The molecule has 42 heavy (non-hydrogen) atoms. The summed E-state index contributed by atoms with van der Waals surface area (Å²) in [6, 6.07) is 26.5. The van der Waals surface area contributed by atoms with Gasteiger partial charge in [0.15, 0.2) is 16.6 Å². The van der Waals surface area contributed by atoms with E-state index in [4.69, 9.17) is 14.5 Å². The summed E-state index contributed by atoms with van der Waals surface area (Å²) in [4.78, 5) is 37.2. The van der Waals surface area contributed by atoms with E-state index < -0.39 is 0 Å². The minimum atomic E-state index is -0.271. The number of carbonyl (C=O) groups excluding carboxylic acids is 2.